The van der Waals surface area contributed by atoms with Gasteiger partial charge >= 0.3 is 5.97 Å². The molecular weight excluding hydrogens is 270 g/mol. The van der Waals surface area contributed by atoms with E-state index >= 15 is 0 Å². The van der Waals surface area contributed by atoms with E-state index in [1.807, 2.05) is 26.0 Å². The van der Waals surface area contributed by atoms with Crippen molar-refractivity contribution < 1.29 is 18.7 Å². The van der Waals surface area contributed by atoms with Gasteiger partial charge in [-0.2, -0.15) is 0 Å². The molecule has 112 valence electrons. The Morgan fingerprint density at radius 2 is 2.05 bits per heavy atom. The lowest BCUT2D eigenvalue weighted by Gasteiger charge is -2.11. The largest absolute Gasteiger partial charge is 0.467 e. The molecule has 1 heterocycles. The molecule has 0 radical (unpaired) electrons. The van der Waals surface area contributed by atoms with E-state index in [0.29, 0.717) is 0 Å². The van der Waals surface area contributed by atoms with Crippen molar-refractivity contribution in [3.8, 4) is 0 Å². The van der Waals surface area contributed by atoms with Crippen molar-refractivity contribution in [2.75, 3.05) is 7.11 Å². The van der Waals surface area contributed by atoms with E-state index in [1.165, 1.54) is 7.11 Å². The Labute approximate surface area is 123 Å². The molecule has 0 bridgehead atoms. The number of rotatable bonds is 4. The molecule has 0 aliphatic carbocycles. The number of esters is 1. The van der Waals surface area contributed by atoms with E-state index in [2.05, 4.69) is 10.1 Å². The van der Waals surface area contributed by atoms with Crippen molar-refractivity contribution in [1.29, 1.82) is 0 Å². The average Bonchev–Trinajstić information content (AvgIpc) is 2.85. The third-order valence-electron chi connectivity index (χ3n) is 3.62. The zero-order valence-electron chi connectivity index (χ0n) is 12.6. The molecule has 0 aliphatic rings. The Bertz CT molecular complexity index is 687. The highest BCUT2D eigenvalue weighted by Crippen LogP contribution is 2.26. The topological polar surface area (TPSA) is 68.5 Å². The minimum absolute atomic E-state index is 0.164. The molecule has 1 N–H and O–H groups in total. The minimum Gasteiger partial charge on any atom is -0.467 e. The lowest BCUT2D eigenvalue weighted by atomic mass is 10.0. The predicted molar refractivity (Wildman–Crippen MR) is 79.0 cm³/mol. The fourth-order valence-corrected chi connectivity index (χ4v) is 2.23. The lowest BCUT2D eigenvalue weighted by molar-refractivity contribution is -0.144. The van der Waals surface area contributed by atoms with Gasteiger partial charge < -0.3 is 14.5 Å². The number of aryl methyl sites for hydroxylation is 2. The summed E-state index contributed by atoms with van der Waals surface area (Å²) in [6.45, 7) is 5.59. The summed E-state index contributed by atoms with van der Waals surface area (Å²) in [6, 6.07) is 3.30. The maximum absolute atomic E-state index is 12.0. The average molecular weight is 289 g/mol. The van der Waals surface area contributed by atoms with Crippen LogP contribution in [0.1, 0.15) is 23.6 Å². The van der Waals surface area contributed by atoms with Crippen molar-refractivity contribution in [3.63, 3.8) is 0 Å². The van der Waals surface area contributed by atoms with Crippen LogP contribution < -0.4 is 5.32 Å². The molecule has 2 aromatic rings. The Kier molecular flexibility index (Phi) is 4.31. The van der Waals surface area contributed by atoms with E-state index in [9.17, 15) is 9.59 Å². The summed E-state index contributed by atoms with van der Waals surface area (Å²) >= 11 is 0. The molecule has 0 saturated carbocycles. The second-order valence-corrected chi connectivity index (χ2v) is 5.13. The Hall–Kier alpha value is -2.30. The number of hydrogen-bond acceptors (Lipinski definition) is 4. The van der Waals surface area contributed by atoms with E-state index in [0.717, 1.165) is 27.7 Å². The van der Waals surface area contributed by atoms with Gasteiger partial charge in [0.15, 0.2) is 0 Å². The number of methoxy groups -OCH3 is 1. The monoisotopic (exact) mass is 289 g/mol. The van der Waals surface area contributed by atoms with Crippen molar-refractivity contribution in [2.24, 2.45) is 0 Å². The number of amides is 1. The molecule has 5 heteroatoms. The fraction of sp³-hybridized carbons (Fsp3) is 0.375. The molecular formula is C16H19NO4. The molecule has 0 saturated heterocycles. The zero-order valence-corrected chi connectivity index (χ0v) is 12.6. The third-order valence-corrected chi connectivity index (χ3v) is 3.62. The van der Waals surface area contributed by atoms with Crippen molar-refractivity contribution in [1.82, 2.24) is 5.32 Å². The Morgan fingerprint density at radius 1 is 1.33 bits per heavy atom. The normalized spacial score (nSPS) is 12.2. The smallest absolute Gasteiger partial charge is 0.328 e. The van der Waals surface area contributed by atoms with Gasteiger partial charge in [0.2, 0.25) is 5.91 Å². The second kappa shape index (κ2) is 5.99. The zero-order chi connectivity index (χ0) is 15.6. The molecule has 5 nitrogen and oxygen atoms in total. The molecule has 0 unspecified atom stereocenters. The Morgan fingerprint density at radius 3 is 2.71 bits per heavy atom. The highest BCUT2D eigenvalue weighted by molar-refractivity contribution is 5.91. The number of fused-ring (bicyclic) bond motifs is 1. The van der Waals surface area contributed by atoms with Gasteiger partial charge in [0.25, 0.3) is 0 Å². The van der Waals surface area contributed by atoms with E-state index < -0.39 is 12.0 Å². The van der Waals surface area contributed by atoms with Gasteiger partial charge in [-0.15, -0.1) is 0 Å². The maximum Gasteiger partial charge on any atom is 0.328 e. The summed E-state index contributed by atoms with van der Waals surface area (Å²) in [5, 5.41) is 3.53. The van der Waals surface area contributed by atoms with Gasteiger partial charge in [-0.25, -0.2) is 4.79 Å². The molecule has 0 spiro atoms. The van der Waals surface area contributed by atoms with Crippen LogP contribution >= 0.6 is 0 Å². The van der Waals surface area contributed by atoms with Crippen molar-refractivity contribution in [2.45, 2.75) is 33.2 Å². The number of carbonyl (C=O) groups is 2. The number of furan rings is 1. The third kappa shape index (κ3) is 3.07. The summed E-state index contributed by atoms with van der Waals surface area (Å²) in [5.41, 5.74) is 3.83. The van der Waals surface area contributed by atoms with Gasteiger partial charge in [0.1, 0.15) is 11.6 Å². The summed E-state index contributed by atoms with van der Waals surface area (Å²) in [6.07, 6.45) is 1.76. The second-order valence-electron chi connectivity index (χ2n) is 5.13. The molecule has 1 aromatic heterocycles. The van der Waals surface area contributed by atoms with Crippen LogP contribution in [0.15, 0.2) is 22.8 Å². The SMILES string of the molecule is COC(=O)[C@H](C)NC(=O)Cc1coc2c(C)c(C)ccc12. The first kappa shape index (κ1) is 15.1. The van der Waals surface area contributed by atoms with E-state index in [-0.39, 0.29) is 12.3 Å². The van der Waals surface area contributed by atoms with Gasteiger partial charge in [-0.3, -0.25) is 4.79 Å². The van der Waals surface area contributed by atoms with Crippen LogP contribution in [0.25, 0.3) is 11.0 Å². The van der Waals surface area contributed by atoms with Crippen LogP contribution in [-0.2, 0) is 20.7 Å². The number of ether oxygens (including phenoxy) is 1. The molecule has 21 heavy (non-hydrogen) atoms. The predicted octanol–water partition coefficient (Wildman–Crippen LogP) is 2.27. The van der Waals surface area contributed by atoms with Gasteiger partial charge in [-0.1, -0.05) is 12.1 Å². The summed E-state index contributed by atoms with van der Waals surface area (Å²) in [4.78, 5) is 23.3. The van der Waals surface area contributed by atoms with Crippen LogP contribution in [0.5, 0.6) is 0 Å². The molecule has 1 atom stereocenters. The maximum atomic E-state index is 12.0. The number of benzene rings is 1. The molecule has 0 fully saturated rings. The molecule has 2 rings (SSSR count). The summed E-state index contributed by atoms with van der Waals surface area (Å²) in [5.74, 6) is -0.708. The number of nitrogens with one attached hydrogen (secondary N) is 1. The molecule has 1 amide bonds. The van der Waals surface area contributed by atoms with Crippen molar-refractivity contribution in [3.05, 3.63) is 35.1 Å². The van der Waals surface area contributed by atoms with Gasteiger partial charge in [-0.05, 0) is 31.9 Å². The van der Waals surface area contributed by atoms with Crippen LogP contribution in [0.2, 0.25) is 0 Å². The minimum atomic E-state index is -0.662. The van der Waals surface area contributed by atoms with Gasteiger partial charge in [0, 0.05) is 10.9 Å². The van der Waals surface area contributed by atoms with Crippen LogP contribution in [0.3, 0.4) is 0 Å². The molecule has 1 aromatic carbocycles. The van der Waals surface area contributed by atoms with Crippen molar-refractivity contribution >= 4 is 22.8 Å². The molecule has 0 aliphatic heterocycles. The van der Waals surface area contributed by atoms with Crippen LogP contribution in [0.4, 0.5) is 0 Å². The highest BCUT2D eigenvalue weighted by Gasteiger charge is 2.18. The van der Waals surface area contributed by atoms with Gasteiger partial charge in [0.05, 0.1) is 19.8 Å². The van der Waals surface area contributed by atoms with Crippen LogP contribution in [0, 0.1) is 13.8 Å². The standard InChI is InChI=1S/C16H19NO4/c1-9-5-6-13-12(8-21-15(13)10(9)2)7-14(18)17-11(3)16(19)20-4/h5-6,8,11H,7H2,1-4H3,(H,17,18)/t11-/m0/s1. The number of hydrogen-bond donors (Lipinski definition) is 1. The first-order valence-electron chi connectivity index (χ1n) is 6.77. The Balaban J connectivity index is 2.15. The first-order chi connectivity index (χ1) is 9.93. The summed E-state index contributed by atoms with van der Waals surface area (Å²) in [7, 11) is 1.29. The highest BCUT2D eigenvalue weighted by atomic mass is 16.5. The fourth-order valence-electron chi connectivity index (χ4n) is 2.23. The van der Waals surface area contributed by atoms with E-state index in [1.54, 1.807) is 13.2 Å². The van der Waals surface area contributed by atoms with E-state index in [4.69, 9.17) is 4.42 Å². The first-order valence-corrected chi connectivity index (χ1v) is 6.77. The quantitative estimate of drug-likeness (QED) is 0.877. The number of carbonyl (C=O) groups excluding carboxylic acids is 2. The van der Waals surface area contributed by atoms with Crippen LogP contribution in [-0.4, -0.2) is 25.0 Å². The lowest BCUT2D eigenvalue weighted by Crippen LogP contribution is -2.39. The summed E-state index contributed by atoms with van der Waals surface area (Å²) < 4.78 is 10.1.